The number of piperidine rings is 1. The summed E-state index contributed by atoms with van der Waals surface area (Å²) in [7, 11) is 2.23. The van der Waals surface area contributed by atoms with E-state index in [9.17, 15) is 9.90 Å². The Balaban J connectivity index is 1.20. The van der Waals surface area contributed by atoms with Crippen molar-refractivity contribution in [1.82, 2.24) is 14.5 Å². The number of thiophene rings is 1. The predicted molar refractivity (Wildman–Crippen MR) is 134 cm³/mol. The van der Waals surface area contributed by atoms with Crippen LogP contribution in [0.4, 0.5) is 0 Å². The molecule has 1 saturated carbocycles. The van der Waals surface area contributed by atoms with Gasteiger partial charge in [0.1, 0.15) is 28.5 Å². The lowest BCUT2D eigenvalue weighted by molar-refractivity contribution is 0.0662. The maximum absolute atomic E-state index is 13.2. The predicted octanol–water partition coefficient (Wildman–Crippen LogP) is 4.11. The molecule has 2 atom stereocenters. The first-order valence-corrected chi connectivity index (χ1v) is 13.0. The Morgan fingerprint density at radius 2 is 1.85 bits per heavy atom. The number of nitrogens with zero attached hydrogens (tertiary/aromatic N) is 3. The summed E-state index contributed by atoms with van der Waals surface area (Å²) in [5.41, 5.74) is 0.409. The SMILES string of the molecule is CN1C2CCC1CC(Oc1ccc(-n3cnc4cc(C#CC5(O)CCCC5)sc4c3=O)cc1)C2. The number of benzene rings is 1. The summed E-state index contributed by atoms with van der Waals surface area (Å²) in [6.07, 6.45) is 9.98. The second-order valence-electron chi connectivity index (χ2n) is 9.99. The summed E-state index contributed by atoms with van der Waals surface area (Å²) in [4.78, 5) is 20.9. The zero-order valence-corrected chi connectivity index (χ0v) is 20.2. The van der Waals surface area contributed by atoms with Crippen LogP contribution < -0.4 is 10.3 Å². The van der Waals surface area contributed by atoms with Gasteiger partial charge < -0.3 is 14.7 Å². The molecule has 1 aromatic carbocycles. The average molecular weight is 476 g/mol. The molecule has 2 aliphatic heterocycles. The number of ether oxygens (including phenoxy) is 1. The molecule has 2 bridgehead atoms. The zero-order valence-electron chi connectivity index (χ0n) is 19.4. The Labute approximate surface area is 203 Å². The van der Waals surface area contributed by atoms with Gasteiger partial charge in [0.2, 0.25) is 0 Å². The van der Waals surface area contributed by atoms with E-state index in [0.29, 0.717) is 35.1 Å². The van der Waals surface area contributed by atoms with Crippen LogP contribution in [0.5, 0.6) is 5.75 Å². The molecule has 0 radical (unpaired) electrons. The van der Waals surface area contributed by atoms with E-state index in [1.807, 2.05) is 30.3 Å². The van der Waals surface area contributed by atoms with Gasteiger partial charge in [0.15, 0.2) is 0 Å². The Morgan fingerprint density at radius 1 is 1.15 bits per heavy atom. The number of hydrogen-bond donors (Lipinski definition) is 1. The monoisotopic (exact) mass is 475 g/mol. The second kappa shape index (κ2) is 8.53. The molecular formula is C27H29N3O3S. The van der Waals surface area contributed by atoms with E-state index in [0.717, 1.165) is 42.0 Å². The molecule has 0 amide bonds. The number of aliphatic hydroxyl groups is 1. The van der Waals surface area contributed by atoms with E-state index in [-0.39, 0.29) is 11.7 Å². The van der Waals surface area contributed by atoms with Crippen LogP contribution in [0.15, 0.2) is 41.5 Å². The minimum Gasteiger partial charge on any atom is -0.490 e. The number of fused-ring (bicyclic) bond motifs is 3. The molecule has 2 unspecified atom stereocenters. The lowest BCUT2D eigenvalue weighted by Gasteiger charge is -2.36. The Kier molecular flexibility index (Phi) is 5.48. The van der Waals surface area contributed by atoms with Crippen LogP contribution in [0.1, 0.15) is 56.2 Å². The highest BCUT2D eigenvalue weighted by atomic mass is 32.1. The highest BCUT2D eigenvalue weighted by Gasteiger charge is 2.39. The van der Waals surface area contributed by atoms with Crippen molar-refractivity contribution in [3.63, 3.8) is 0 Å². The van der Waals surface area contributed by atoms with Gasteiger partial charge in [-0.3, -0.25) is 9.36 Å². The third-order valence-electron chi connectivity index (χ3n) is 7.76. The number of rotatable bonds is 3. The highest BCUT2D eigenvalue weighted by molar-refractivity contribution is 7.19. The second-order valence-corrected chi connectivity index (χ2v) is 11.0. The normalized spacial score (nSPS) is 25.9. The van der Waals surface area contributed by atoms with Crippen molar-refractivity contribution < 1.29 is 9.84 Å². The Bertz CT molecular complexity index is 1310. The zero-order chi connectivity index (χ0) is 23.3. The van der Waals surface area contributed by atoms with Gasteiger partial charge in [0, 0.05) is 12.1 Å². The molecule has 34 heavy (non-hydrogen) atoms. The molecule has 7 heteroatoms. The van der Waals surface area contributed by atoms with Crippen LogP contribution >= 0.6 is 11.3 Å². The van der Waals surface area contributed by atoms with Crippen molar-refractivity contribution in [2.75, 3.05) is 7.05 Å². The van der Waals surface area contributed by atoms with Crippen molar-refractivity contribution in [1.29, 1.82) is 0 Å². The first-order valence-electron chi connectivity index (χ1n) is 12.2. The first-order chi connectivity index (χ1) is 16.5. The van der Waals surface area contributed by atoms with E-state index < -0.39 is 5.60 Å². The van der Waals surface area contributed by atoms with Crippen LogP contribution in [-0.4, -0.2) is 50.4 Å². The summed E-state index contributed by atoms with van der Waals surface area (Å²) < 4.78 is 8.44. The summed E-state index contributed by atoms with van der Waals surface area (Å²) in [6.45, 7) is 0. The van der Waals surface area contributed by atoms with Crippen molar-refractivity contribution in [2.45, 2.75) is 75.2 Å². The third kappa shape index (κ3) is 4.04. The van der Waals surface area contributed by atoms with E-state index >= 15 is 0 Å². The average Bonchev–Trinajstić information content (AvgIpc) is 3.50. The molecule has 2 aromatic heterocycles. The minimum absolute atomic E-state index is 0.108. The van der Waals surface area contributed by atoms with Crippen molar-refractivity contribution in [3.05, 3.63) is 51.9 Å². The summed E-state index contributed by atoms with van der Waals surface area (Å²) in [5.74, 6) is 6.93. The van der Waals surface area contributed by atoms with Crippen LogP contribution in [0.3, 0.4) is 0 Å². The van der Waals surface area contributed by atoms with Gasteiger partial charge >= 0.3 is 0 Å². The van der Waals surface area contributed by atoms with E-state index in [1.54, 1.807) is 10.9 Å². The van der Waals surface area contributed by atoms with Crippen molar-refractivity contribution >= 4 is 21.6 Å². The molecule has 2 saturated heterocycles. The molecule has 3 aliphatic rings. The smallest absolute Gasteiger partial charge is 0.275 e. The maximum Gasteiger partial charge on any atom is 0.275 e. The van der Waals surface area contributed by atoms with Gasteiger partial charge in [-0.25, -0.2) is 4.98 Å². The van der Waals surface area contributed by atoms with Gasteiger partial charge in [-0.05, 0) is 88.7 Å². The van der Waals surface area contributed by atoms with Crippen LogP contribution in [-0.2, 0) is 0 Å². The maximum atomic E-state index is 13.2. The lowest BCUT2D eigenvalue weighted by Crippen LogP contribution is -2.43. The van der Waals surface area contributed by atoms with Gasteiger partial charge in [0.05, 0.1) is 16.1 Å². The third-order valence-corrected chi connectivity index (χ3v) is 8.79. The Hall–Kier alpha value is -2.66. The van der Waals surface area contributed by atoms with E-state index in [4.69, 9.17) is 4.74 Å². The largest absolute Gasteiger partial charge is 0.490 e. The van der Waals surface area contributed by atoms with Gasteiger partial charge in [0.25, 0.3) is 5.56 Å². The summed E-state index contributed by atoms with van der Waals surface area (Å²) >= 11 is 1.34. The quantitative estimate of drug-likeness (QED) is 0.578. The van der Waals surface area contributed by atoms with Crippen LogP contribution in [0.25, 0.3) is 15.9 Å². The minimum atomic E-state index is -0.888. The topological polar surface area (TPSA) is 67.6 Å². The Morgan fingerprint density at radius 3 is 2.56 bits per heavy atom. The molecule has 3 fully saturated rings. The van der Waals surface area contributed by atoms with Crippen LogP contribution in [0, 0.1) is 11.8 Å². The summed E-state index contributed by atoms with van der Waals surface area (Å²) in [6, 6.07) is 10.8. The fourth-order valence-corrected chi connectivity index (χ4v) is 6.65. The lowest BCUT2D eigenvalue weighted by atomic mass is 10.0. The molecule has 6 nitrogen and oxygen atoms in total. The molecule has 4 heterocycles. The highest BCUT2D eigenvalue weighted by Crippen LogP contribution is 2.36. The van der Waals surface area contributed by atoms with Gasteiger partial charge in [-0.2, -0.15) is 0 Å². The molecule has 1 aliphatic carbocycles. The molecule has 176 valence electrons. The standard InChI is InChI=1S/C27H29N3O3S/c1-29-19-4-5-20(29)15-22(14-19)33-21-8-6-18(7-9-21)30-17-28-24-16-23(34-25(24)26(30)31)10-13-27(32)11-2-3-12-27/h6-9,16-17,19-20,22,32H,2-5,11-12,14-15H2,1H3. The molecule has 1 N–H and O–H groups in total. The van der Waals surface area contributed by atoms with Gasteiger partial charge in [-0.15, -0.1) is 11.3 Å². The van der Waals surface area contributed by atoms with E-state index in [1.165, 1.54) is 24.2 Å². The van der Waals surface area contributed by atoms with Crippen LogP contribution in [0.2, 0.25) is 0 Å². The number of hydrogen-bond acceptors (Lipinski definition) is 6. The van der Waals surface area contributed by atoms with E-state index in [2.05, 4.69) is 28.8 Å². The van der Waals surface area contributed by atoms with Crippen molar-refractivity contribution in [3.8, 4) is 23.3 Å². The number of aromatic nitrogens is 2. The molecule has 3 aromatic rings. The fourth-order valence-electron chi connectivity index (χ4n) is 5.76. The molecular weight excluding hydrogens is 446 g/mol. The van der Waals surface area contributed by atoms with Crippen molar-refractivity contribution in [2.24, 2.45) is 0 Å². The molecule has 6 rings (SSSR count). The first kappa shape index (κ1) is 21.8. The fraction of sp³-hybridized carbons (Fsp3) is 0.481. The molecule has 0 spiro atoms. The summed E-state index contributed by atoms with van der Waals surface area (Å²) in [5, 5.41) is 10.5. The van der Waals surface area contributed by atoms with Gasteiger partial charge in [-0.1, -0.05) is 11.8 Å².